The van der Waals surface area contributed by atoms with Gasteiger partial charge in [-0.25, -0.2) is 10.4 Å². The van der Waals surface area contributed by atoms with Gasteiger partial charge in [0, 0.05) is 12.4 Å². The predicted molar refractivity (Wildman–Crippen MR) is 62.0 cm³/mol. The molecule has 0 spiro atoms. The van der Waals surface area contributed by atoms with Crippen molar-refractivity contribution in [2.45, 2.75) is 51.5 Å². The summed E-state index contributed by atoms with van der Waals surface area (Å²) in [5, 5.41) is 0. The van der Waals surface area contributed by atoms with E-state index in [9.17, 15) is 0 Å². The first-order chi connectivity index (χ1) is 7.38. The van der Waals surface area contributed by atoms with E-state index in [0.717, 1.165) is 12.2 Å². The van der Waals surface area contributed by atoms with Gasteiger partial charge in [-0.3, -0.25) is 5.84 Å². The second kappa shape index (κ2) is 7.43. The van der Waals surface area contributed by atoms with Gasteiger partial charge in [0.1, 0.15) is 5.82 Å². The summed E-state index contributed by atoms with van der Waals surface area (Å²) in [6.07, 6.45) is 11.1. The molecule has 1 atom stereocenters. The quantitative estimate of drug-likeness (QED) is 0.350. The summed E-state index contributed by atoms with van der Waals surface area (Å²) in [6.45, 7) is 2.23. The minimum absolute atomic E-state index is 0.168. The van der Waals surface area contributed by atoms with E-state index in [1.54, 1.807) is 6.20 Å². The Morgan fingerprint density at radius 2 is 2.20 bits per heavy atom. The minimum Gasteiger partial charge on any atom is -0.347 e. The Morgan fingerprint density at radius 3 is 2.80 bits per heavy atom. The molecule has 0 amide bonds. The molecule has 1 rings (SSSR count). The first-order valence-electron chi connectivity index (χ1n) is 5.84. The molecule has 0 saturated heterocycles. The van der Waals surface area contributed by atoms with E-state index < -0.39 is 0 Å². The van der Waals surface area contributed by atoms with Crippen molar-refractivity contribution in [2.75, 3.05) is 0 Å². The molecule has 4 N–H and O–H groups in total. The maximum Gasteiger partial charge on any atom is 0.124 e. The number of imidazole rings is 1. The number of aromatic nitrogens is 2. The number of unbranched alkanes of at least 4 members (excludes halogenated alkanes) is 4. The molecule has 86 valence electrons. The van der Waals surface area contributed by atoms with Gasteiger partial charge in [0.25, 0.3) is 0 Å². The number of H-pyrrole nitrogens is 1. The van der Waals surface area contributed by atoms with Gasteiger partial charge in [-0.15, -0.1) is 0 Å². The number of hydrogen-bond donors (Lipinski definition) is 3. The smallest absolute Gasteiger partial charge is 0.124 e. The van der Waals surface area contributed by atoms with Gasteiger partial charge in [0.15, 0.2) is 0 Å². The molecule has 1 aromatic rings. The second-order valence-corrected chi connectivity index (χ2v) is 3.90. The predicted octanol–water partition coefficient (Wildman–Crippen LogP) is 2.27. The molecule has 0 saturated carbocycles. The average molecular weight is 210 g/mol. The van der Waals surface area contributed by atoms with Crippen LogP contribution in [0.2, 0.25) is 0 Å². The van der Waals surface area contributed by atoms with Crippen LogP contribution >= 0.6 is 0 Å². The normalized spacial score (nSPS) is 12.9. The minimum atomic E-state index is 0.168. The van der Waals surface area contributed by atoms with E-state index in [1.165, 1.54) is 32.1 Å². The highest BCUT2D eigenvalue weighted by Gasteiger charge is 2.10. The van der Waals surface area contributed by atoms with Crippen LogP contribution in [0.5, 0.6) is 0 Å². The van der Waals surface area contributed by atoms with Crippen LogP contribution in [-0.2, 0) is 0 Å². The van der Waals surface area contributed by atoms with Gasteiger partial charge >= 0.3 is 0 Å². The van der Waals surface area contributed by atoms with Gasteiger partial charge in [-0.2, -0.15) is 0 Å². The summed E-state index contributed by atoms with van der Waals surface area (Å²) in [4.78, 5) is 7.29. The van der Waals surface area contributed by atoms with Gasteiger partial charge in [0.05, 0.1) is 6.04 Å². The van der Waals surface area contributed by atoms with Crippen LogP contribution in [0.4, 0.5) is 0 Å². The molecule has 4 heteroatoms. The second-order valence-electron chi connectivity index (χ2n) is 3.90. The Bertz CT molecular complexity index is 233. The highest BCUT2D eigenvalue weighted by molar-refractivity contribution is 4.94. The Labute approximate surface area is 91.6 Å². The molecule has 0 fully saturated rings. The molecule has 1 unspecified atom stereocenters. The summed E-state index contributed by atoms with van der Waals surface area (Å²) in [5.41, 5.74) is 2.80. The lowest BCUT2D eigenvalue weighted by Gasteiger charge is -2.12. The zero-order valence-electron chi connectivity index (χ0n) is 9.50. The number of aromatic amines is 1. The molecule has 1 aromatic heterocycles. The SMILES string of the molecule is CCCCCCCC(NN)c1ncc[nH]1. The number of rotatable bonds is 8. The number of nitrogens with zero attached hydrogens (tertiary/aromatic N) is 1. The Balaban J connectivity index is 2.18. The van der Waals surface area contributed by atoms with Crippen molar-refractivity contribution < 1.29 is 0 Å². The third kappa shape index (κ3) is 4.44. The monoisotopic (exact) mass is 210 g/mol. The van der Waals surface area contributed by atoms with Crippen molar-refractivity contribution in [3.05, 3.63) is 18.2 Å². The van der Waals surface area contributed by atoms with E-state index in [-0.39, 0.29) is 6.04 Å². The Hall–Kier alpha value is -0.870. The molecule has 0 aliphatic carbocycles. The zero-order chi connectivity index (χ0) is 10.9. The van der Waals surface area contributed by atoms with Gasteiger partial charge in [-0.05, 0) is 6.42 Å². The van der Waals surface area contributed by atoms with E-state index in [1.807, 2.05) is 6.20 Å². The van der Waals surface area contributed by atoms with Crippen molar-refractivity contribution in [2.24, 2.45) is 5.84 Å². The van der Waals surface area contributed by atoms with Crippen LogP contribution in [0.1, 0.15) is 57.3 Å². The van der Waals surface area contributed by atoms with E-state index in [0.29, 0.717) is 0 Å². The topological polar surface area (TPSA) is 66.7 Å². The lowest BCUT2D eigenvalue weighted by atomic mass is 10.1. The maximum absolute atomic E-state index is 5.49. The largest absolute Gasteiger partial charge is 0.347 e. The molecule has 15 heavy (non-hydrogen) atoms. The van der Waals surface area contributed by atoms with Crippen molar-refractivity contribution in [3.8, 4) is 0 Å². The van der Waals surface area contributed by atoms with Crippen molar-refractivity contribution in [3.63, 3.8) is 0 Å². The highest BCUT2D eigenvalue weighted by atomic mass is 15.2. The first kappa shape index (κ1) is 12.2. The number of hydrazine groups is 1. The number of hydrogen-bond acceptors (Lipinski definition) is 3. The molecule has 1 heterocycles. The maximum atomic E-state index is 5.49. The summed E-state index contributed by atoms with van der Waals surface area (Å²) in [5.74, 6) is 6.43. The van der Waals surface area contributed by atoms with Gasteiger partial charge in [-0.1, -0.05) is 39.0 Å². The molecule has 0 aromatic carbocycles. The van der Waals surface area contributed by atoms with Crippen molar-refractivity contribution in [1.29, 1.82) is 0 Å². The summed E-state index contributed by atoms with van der Waals surface area (Å²) >= 11 is 0. The fourth-order valence-electron chi connectivity index (χ4n) is 1.72. The third-order valence-corrected chi connectivity index (χ3v) is 2.65. The summed E-state index contributed by atoms with van der Waals surface area (Å²) < 4.78 is 0. The van der Waals surface area contributed by atoms with Crippen LogP contribution in [0.25, 0.3) is 0 Å². The fourth-order valence-corrected chi connectivity index (χ4v) is 1.72. The number of nitrogens with two attached hydrogens (primary N) is 1. The van der Waals surface area contributed by atoms with Crippen LogP contribution < -0.4 is 11.3 Å². The van der Waals surface area contributed by atoms with Gasteiger partial charge in [0.2, 0.25) is 0 Å². The summed E-state index contributed by atoms with van der Waals surface area (Å²) in [7, 11) is 0. The van der Waals surface area contributed by atoms with E-state index >= 15 is 0 Å². The Morgan fingerprint density at radius 1 is 1.40 bits per heavy atom. The lowest BCUT2D eigenvalue weighted by Crippen LogP contribution is -2.28. The van der Waals surface area contributed by atoms with Crippen LogP contribution in [-0.4, -0.2) is 9.97 Å². The first-order valence-corrected chi connectivity index (χ1v) is 5.84. The van der Waals surface area contributed by atoms with Crippen LogP contribution in [0.3, 0.4) is 0 Å². The number of nitrogens with one attached hydrogen (secondary N) is 2. The molecule has 4 nitrogen and oxygen atoms in total. The van der Waals surface area contributed by atoms with Crippen molar-refractivity contribution in [1.82, 2.24) is 15.4 Å². The van der Waals surface area contributed by atoms with Crippen molar-refractivity contribution >= 4 is 0 Å². The van der Waals surface area contributed by atoms with E-state index in [2.05, 4.69) is 22.3 Å². The lowest BCUT2D eigenvalue weighted by molar-refractivity contribution is 0.463. The average Bonchev–Trinajstić information content (AvgIpc) is 2.77. The fraction of sp³-hybridized carbons (Fsp3) is 0.727. The molecular weight excluding hydrogens is 188 g/mol. The molecule has 0 aliphatic rings. The summed E-state index contributed by atoms with van der Waals surface area (Å²) in [6, 6.07) is 0.168. The van der Waals surface area contributed by atoms with E-state index in [4.69, 9.17) is 5.84 Å². The third-order valence-electron chi connectivity index (χ3n) is 2.65. The Kier molecular flexibility index (Phi) is 6.04. The van der Waals surface area contributed by atoms with Crippen LogP contribution in [0.15, 0.2) is 12.4 Å². The molecular formula is C11H22N4. The molecule has 0 bridgehead atoms. The highest BCUT2D eigenvalue weighted by Crippen LogP contribution is 2.15. The standard InChI is InChI=1S/C11H22N4/c1-2-3-4-5-6-7-10(15-12)11-13-8-9-14-11/h8-10,15H,2-7,12H2,1H3,(H,13,14). The van der Waals surface area contributed by atoms with Gasteiger partial charge < -0.3 is 4.98 Å². The zero-order valence-corrected chi connectivity index (χ0v) is 9.50. The van der Waals surface area contributed by atoms with Crippen LogP contribution in [0, 0.1) is 0 Å². The molecule has 0 radical (unpaired) electrons. The molecule has 0 aliphatic heterocycles.